The lowest BCUT2D eigenvalue weighted by atomic mass is 10.1. The monoisotopic (exact) mass is 409 g/mol. The maximum atomic E-state index is 12.6. The van der Waals surface area contributed by atoms with Gasteiger partial charge in [0.15, 0.2) is 0 Å². The molecule has 1 aliphatic heterocycles. The molecule has 1 heterocycles. The second kappa shape index (κ2) is 8.96. The quantitative estimate of drug-likeness (QED) is 0.302. The molecule has 0 bridgehead atoms. The predicted molar refractivity (Wildman–Crippen MR) is 109 cm³/mol. The van der Waals surface area contributed by atoms with E-state index in [0.29, 0.717) is 23.6 Å². The van der Waals surface area contributed by atoms with Crippen LogP contribution < -0.4 is 4.90 Å². The van der Waals surface area contributed by atoms with Gasteiger partial charge in [0, 0.05) is 43.0 Å². The fraction of sp³-hybridized carbons (Fsp3) is 0.353. The third kappa shape index (κ3) is 4.83. The Morgan fingerprint density at radius 2 is 2.07 bits per heavy atom. The first kappa shape index (κ1) is 20.8. The summed E-state index contributed by atoms with van der Waals surface area (Å²) in [7, 11) is 0. The highest BCUT2D eigenvalue weighted by Crippen LogP contribution is 2.35. The van der Waals surface area contributed by atoms with Gasteiger partial charge in [0.05, 0.1) is 16.2 Å². The molecule has 2 rings (SSSR count). The molecule has 0 atom stereocenters. The van der Waals surface area contributed by atoms with Crippen molar-refractivity contribution in [1.29, 1.82) is 0 Å². The van der Waals surface area contributed by atoms with Crippen molar-refractivity contribution in [2.24, 2.45) is 0 Å². The van der Waals surface area contributed by atoms with Crippen LogP contribution in [-0.2, 0) is 9.59 Å². The first-order valence-electron chi connectivity index (χ1n) is 8.29. The first-order chi connectivity index (χ1) is 12.8. The van der Waals surface area contributed by atoms with Crippen molar-refractivity contribution in [2.75, 3.05) is 24.5 Å². The van der Waals surface area contributed by atoms with Crippen molar-refractivity contribution < 1.29 is 19.6 Å². The van der Waals surface area contributed by atoms with E-state index in [1.54, 1.807) is 12.1 Å². The summed E-state index contributed by atoms with van der Waals surface area (Å²) in [6.45, 7) is 5.35. The zero-order valence-electron chi connectivity index (χ0n) is 14.9. The van der Waals surface area contributed by atoms with Crippen LogP contribution in [0.2, 0.25) is 0 Å². The number of rotatable bonds is 8. The second-order valence-electron chi connectivity index (χ2n) is 5.65. The lowest BCUT2D eigenvalue weighted by Crippen LogP contribution is -2.30. The van der Waals surface area contributed by atoms with Crippen molar-refractivity contribution in [1.82, 2.24) is 4.90 Å². The van der Waals surface area contributed by atoms with E-state index in [-0.39, 0.29) is 28.9 Å². The Kier molecular flexibility index (Phi) is 6.92. The highest BCUT2D eigenvalue weighted by atomic mass is 32.2. The number of hydrogen-bond donors (Lipinski definition) is 1. The molecule has 144 valence electrons. The average molecular weight is 409 g/mol. The van der Waals surface area contributed by atoms with E-state index in [1.807, 2.05) is 18.7 Å². The maximum Gasteiger partial charge on any atom is 0.305 e. The molecule has 8 nitrogen and oxygen atoms in total. The number of thioether (sulfide) groups is 1. The number of aliphatic carboxylic acids is 1. The van der Waals surface area contributed by atoms with Crippen LogP contribution in [0.15, 0.2) is 23.1 Å². The number of hydrogen-bond acceptors (Lipinski definition) is 7. The third-order valence-electron chi connectivity index (χ3n) is 4.04. The minimum atomic E-state index is -1.02. The number of carbonyl (C=O) groups excluding carboxylic acids is 1. The molecule has 1 aliphatic rings. The highest BCUT2D eigenvalue weighted by Gasteiger charge is 2.32. The van der Waals surface area contributed by atoms with Gasteiger partial charge < -0.3 is 10.0 Å². The van der Waals surface area contributed by atoms with Crippen molar-refractivity contribution in [3.8, 4) is 0 Å². The van der Waals surface area contributed by atoms with Crippen LogP contribution in [0.1, 0.15) is 25.8 Å². The molecule has 1 aromatic carbocycles. The van der Waals surface area contributed by atoms with Gasteiger partial charge in [-0.15, -0.1) is 0 Å². The minimum Gasteiger partial charge on any atom is -0.481 e. The molecule has 0 unspecified atom stereocenters. The number of amides is 1. The lowest BCUT2D eigenvalue weighted by molar-refractivity contribution is -0.384. The van der Waals surface area contributed by atoms with Crippen LogP contribution in [0.3, 0.4) is 0 Å². The number of nitro groups is 1. The molecule has 10 heteroatoms. The minimum absolute atomic E-state index is 0.00478. The molecule has 1 aromatic rings. The fourth-order valence-corrected chi connectivity index (χ4v) is 3.96. The standard InChI is InChI=1S/C17H19N3O5S2/c1-3-18(4-2)13-6-5-12(20(24)25)9-11(13)10-14-16(23)19(17(26)27-14)8-7-15(21)22/h5-6,9-10H,3-4,7-8H2,1-2H3,(H,21,22)/b14-10+. The lowest BCUT2D eigenvalue weighted by Gasteiger charge is -2.23. The molecule has 1 saturated heterocycles. The summed E-state index contributed by atoms with van der Waals surface area (Å²) >= 11 is 6.24. The van der Waals surface area contributed by atoms with Crippen LogP contribution in [0.25, 0.3) is 6.08 Å². The Labute approximate surface area is 166 Å². The van der Waals surface area contributed by atoms with E-state index < -0.39 is 10.9 Å². The molecule has 0 radical (unpaired) electrons. The molecule has 1 fully saturated rings. The first-order valence-corrected chi connectivity index (χ1v) is 9.51. The number of carboxylic acid groups (broad SMARTS) is 1. The van der Waals surface area contributed by atoms with Crippen LogP contribution >= 0.6 is 24.0 Å². The summed E-state index contributed by atoms with van der Waals surface area (Å²) in [5.41, 5.74) is 1.26. The molecular weight excluding hydrogens is 390 g/mol. The van der Waals surface area contributed by atoms with E-state index >= 15 is 0 Å². The van der Waals surface area contributed by atoms with Gasteiger partial charge in [0.25, 0.3) is 11.6 Å². The van der Waals surface area contributed by atoms with Crippen molar-refractivity contribution in [3.63, 3.8) is 0 Å². The number of nitro benzene ring substituents is 1. The highest BCUT2D eigenvalue weighted by molar-refractivity contribution is 8.26. The van der Waals surface area contributed by atoms with E-state index in [4.69, 9.17) is 17.3 Å². The Morgan fingerprint density at radius 1 is 1.41 bits per heavy atom. The molecule has 27 heavy (non-hydrogen) atoms. The molecule has 0 saturated carbocycles. The predicted octanol–water partition coefficient (Wildman–Crippen LogP) is 3.12. The van der Waals surface area contributed by atoms with E-state index in [9.17, 15) is 19.7 Å². The number of anilines is 1. The molecule has 1 amide bonds. The summed E-state index contributed by atoms with van der Waals surface area (Å²) in [5, 5.41) is 20.0. The van der Waals surface area contributed by atoms with Crippen LogP contribution in [0.4, 0.5) is 11.4 Å². The summed E-state index contributed by atoms with van der Waals surface area (Å²) in [6.07, 6.45) is 1.38. The smallest absolute Gasteiger partial charge is 0.305 e. The van der Waals surface area contributed by atoms with Gasteiger partial charge in [-0.3, -0.25) is 24.6 Å². The van der Waals surface area contributed by atoms with Gasteiger partial charge in [0.2, 0.25) is 0 Å². The Morgan fingerprint density at radius 3 is 2.63 bits per heavy atom. The number of benzene rings is 1. The Balaban J connectivity index is 2.42. The largest absolute Gasteiger partial charge is 0.481 e. The van der Waals surface area contributed by atoms with Crippen molar-refractivity contribution >= 4 is 57.6 Å². The third-order valence-corrected chi connectivity index (χ3v) is 5.41. The van der Waals surface area contributed by atoms with E-state index in [2.05, 4.69) is 0 Å². The van der Waals surface area contributed by atoms with Gasteiger partial charge in [-0.1, -0.05) is 24.0 Å². The van der Waals surface area contributed by atoms with Crippen molar-refractivity contribution in [3.05, 3.63) is 38.8 Å². The summed E-state index contributed by atoms with van der Waals surface area (Å²) in [5.74, 6) is -1.40. The van der Waals surface area contributed by atoms with Gasteiger partial charge >= 0.3 is 5.97 Å². The average Bonchev–Trinajstić information content (AvgIpc) is 2.88. The van der Waals surface area contributed by atoms with Crippen LogP contribution in [0, 0.1) is 10.1 Å². The summed E-state index contributed by atoms with van der Waals surface area (Å²) < 4.78 is 0.280. The Hall–Kier alpha value is -2.46. The SMILES string of the molecule is CCN(CC)c1ccc([N+](=O)[O-])cc1/C=C1/SC(=S)N(CCC(=O)O)C1=O. The fourth-order valence-electron chi connectivity index (χ4n) is 2.66. The number of non-ortho nitro benzene ring substituents is 1. The van der Waals surface area contributed by atoms with Crippen LogP contribution in [0.5, 0.6) is 0 Å². The zero-order valence-corrected chi connectivity index (χ0v) is 16.5. The molecule has 0 aromatic heterocycles. The molecule has 1 N–H and O–H groups in total. The van der Waals surface area contributed by atoms with E-state index in [0.717, 1.165) is 17.4 Å². The maximum absolute atomic E-state index is 12.6. The second-order valence-corrected chi connectivity index (χ2v) is 7.33. The van der Waals surface area contributed by atoms with E-state index in [1.165, 1.54) is 17.0 Å². The number of nitrogens with zero attached hydrogens (tertiary/aromatic N) is 3. The summed E-state index contributed by atoms with van der Waals surface area (Å²) in [4.78, 5) is 37.6. The number of thiocarbonyl (C=S) groups is 1. The van der Waals surface area contributed by atoms with Crippen molar-refractivity contribution in [2.45, 2.75) is 20.3 Å². The van der Waals surface area contributed by atoms with Gasteiger partial charge in [-0.25, -0.2) is 0 Å². The van der Waals surface area contributed by atoms with Gasteiger partial charge in [-0.05, 0) is 26.0 Å². The van der Waals surface area contributed by atoms with Gasteiger partial charge in [-0.2, -0.15) is 0 Å². The zero-order chi connectivity index (χ0) is 20.1. The topological polar surface area (TPSA) is 104 Å². The Bertz CT molecular complexity index is 821. The molecular formula is C17H19N3O5S2. The summed E-state index contributed by atoms with van der Waals surface area (Å²) in [6, 6.07) is 4.53. The van der Waals surface area contributed by atoms with Crippen LogP contribution in [-0.4, -0.2) is 50.8 Å². The molecule has 0 spiro atoms. The molecule has 0 aliphatic carbocycles. The van der Waals surface area contributed by atoms with Gasteiger partial charge in [0.1, 0.15) is 4.32 Å². The number of carbonyl (C=O) groups is 2. The normalized spacial score (nSPS) is 15.5. The number of carboxylic acids is 1.